The summed E-state index contributed by atoms with van der Waals surface area (Å²) >= 11 is 6.70. The molecule has 1 N–H and O–H groups in total. The Kier molecular flexibility index (Phi) is 9.09. The van der Waals surface area contributed by atoms with Crippen molar-refractivity contribution in [3.63, 3.8) is 0 Å². The maximum atomic E-state index is 12.2. The van der Waals surface area contributed by atoms with E-state index in [0.29, 0.717) is 15.8 Å². The van der Waals surface area contributed by atoms with Gasteiger partial charge in [-0.15, -0.1) is 0 Å². The minimum absolute atomic E-state index is 0.0472. The Hall–Kier alpha value is -2.83. The van der Waals surface area contributed by atoms with Crippen LogP contribution in [0.2, 0.25) is 0 Å². The molecule has 0 fully saturated rings. The van der Waals surface area contributed by atoms with Crippen molar-refractivity contribution in [1.82, 2.24) is 5.32 Å². The van der Waals surface area contributed by atoms with E-state index in [2.05, 4.69) is 37.2 Å². The SMILES string of the molecule is COc1cc(/C=C(\C#N)C(=O)NC(C)C)ccc1OC(=O)COc1ccc(Br)cc1Br. The lowest BCUT2D eigenvalue weighted by atomic mass is 10.1. The molecule has 1 amide bonds. The van der Waals surface area contributed by atoms with Gasteiger partial charge in [-0.05, 0) is 71.7 Å². The molecule has 0 saturated carbocycles. The van der Waals surface area contributed by atoms with Crippen LogP contribution >= 0.6 is 31.9 Å². The summed E-state index contributed by atoms with van der Waals surface area (Å²) in [5, 5.41) is 11.9. The quantitative estimate of drug-likeness (QED) is 0.222. The molecule has 7 nitrogen and oxygen atoms in total. The molecule has 2 aromatic carbocycles. The number of nitriles is 1. The second-order valence-corrected chi connectivity index (χ2v) is 8.32. The molecule has 0 radical (unpaired) electrons. The Labute approximate surface area is 197 Å². The maximum absolute atomic E-state index is 12.2. The van der Waals surface area contributed by atoms with Crippen molar-refractivity contribution in [2.75, 3.05) is 13.7 Å². The van der Waals surface area contributed by atoms with Crippen molar-refractivity contribution in [2.24, 2.45) is 0 Å². The van der Waals surface area contributed by atoms with Crippen molar-refractivity contribution in [3.8, 4) is 23.3 Å². The van der Waals surface area contributed by atoms with Gasteiger partial charge in [-0.2, -0.15) is 5.26 Å². The van der Waals surface area contributed by atoms with Crippen molar-refractivity contribution in [2.45, 2.75) is 19.9 Å². The lowest BCUT2D eigenvalue weighted by molar-refractivity contribution is -0.136. The fourth-order valence-electron chi connectivity index (χ4n) is 2.39. The van der Waals surface area contributed by atoms with Gasteiger partial charge in [0.15, 0.2) is 18.1 Å². The van der Waals surface area contributed by atoms with E-state index in [4.69, 9.17) is 14.2 Å². The molecule has 0 aromatic heterocycles. The molecule has 0 unspecified atom stereocenters. The highest BCUT2D eigenvalue weighted by Gasteiger charge is 2.14. The van der Waals surface area contributed by atoms with Gasteiger partial charge in [0.1, 0.15) is 17.4 Å². The van der Waals surface area contributed by atoms with Crippen LogP contribution in [0.25, 0.3) is 6.08 Å². The largest absolute Gasteiger partial charge is 0.493 e. The fraction of sp³-hybridized carbons (Fsp3) is 0.227. The van der Waals surface area contributed by atoms with E-state index >= 15 is 0 Å². The number of hydrogen-bond acceptors (Lipinski definition) is 6. The predicted octanol–water partition coefficient (Wildman–Crippen LogP) is 4.64. The summed E-state index contributed by atoms with van der Waals surface area (Å²) in [6.07, 6.45) is 1.43. The van der Waals surface area contributed by atoms with Gasteiger partial charge < -0.3 is 19.5 Å². The van der Waals surface area contributed by atoms with Crippen molar-refractivity contribution >= 4 is 49.8 Å². The van der Waals surface area contributed by atoms with Gasteiger partial charge in [-0.1, -0.05) is 22.0 Å². The summed E-state index contributed by atoms with van der Waals surface area (Å²) in [5.41, 5.74) is 0.496. The average molecular weight is 552 g/mol. The predicted molar refractivity (Wildman–Crippen MR) is 123 cm³/mol. The number of nitrogens with zero attached hydrogens (tertiary/aromatic N) is 1. The van der Waals surface area contributed by atoms with Gasteiger partial charge in [-0.3, -0.25) is 4.79 Å². The van der Waals surface area contributed by atoms with Gasteiger partial charge in [0.2, 0.25) is 0 Å². The molecule has 0 aliphatic carbocycles. The molecule has 0 bridgehead atoms. The van der Waals surface area contributed by atoms with Crippen LogP contribution in [0, 0.1) is 11.3 Å². The van der Waals surface area contributed by atoms with Crippen LogP contribution in [0.1, 0.15) is 19.4 Å². The molecular weight excluding hydrogens is 532 g/mol. The van der Waals surface area contributed by atoms with Gasteiger partial charge in [-0.25, -0.2) is 4.79 Å². The van der Waals surface area contributed by atoms with Gasteiger partial charge >= 0.3 is 5.97 Å². The third-order valence-electron chi connectivity index (χ3n) is 3.75. The number of esters is 1. The Morgan fingerprint density at radius 1 is 1.13 bits per heavy atom. The molecule has 31 heavy (non-hydrogen) atoms. The topological polar surface area (TPSA) is 97.6 Å². The summed E-state index contributed by atoms with van der Waals surface area (Å²) < 4.78 is 17.6. The number of benzene rings is 2. The lowest BCUT2D eigenvalue weighted by Gasteiger charge is -2.12. The first-order chi connectivity index (χ1) is 14.7. The first kappa shape index (κ1) is 24.4. The van der Waals surface area contributed by atoms with Crippen LogP contribution in [0.5, 0.6) is 17.2 Å². The molecule has 2 aromatic rings. The first-order valence-electron chi connectivity index (χ1n) is 9.12. The van der Waals surface area contributed by atoms with Crippen LogP contribution in [-0.4, -0.2) is 31.6 Å². The maximum Gasteiger partial charge on any atom is 0.349 e. The fourth-order valence-corrected chi connectivity index (χ4v) is 3.56. The van der Waals surface area contributed by atoms with Crippen LogP contribution < -0.4 is 19.5 Å². The number of amides is 1. The normalized spacial score (nSPS) is 10.9. The van der Waals surface area contributed by atoms with Crippen LogP contribution in [-0.2, 0) is 9.59 Å². The van der Waals surface area contributed by atoms with E-state index in [0.717, 1.165) is 4.47 Å². The highest BCUT2D eigenvalue weighted by atomic mass is 79.9. The summed E-state index contributed by atoms with van der Waals surface area (Å²) in [6.45, 7) is 3.30. The van der Waals surface area contributed by atoms with Gasteiger partial charge in [0, 0.05) is 10.5 Å². The highest BCUT2D eigenvalue weighted by molar-refractivity contribution is 9.11. The van der Waals surface area contributed by atoms with E-state index in [9.17, 15) is 14.9 Å². The Morgan fingerprint density at radius 2 is 1.84 bits per heavy atom. The number of nitrogens with one attached hydrogen (secondary N) is 1. The van der Waals surface area contributed by atoms with Crippen LogP contribution in [0.15, 0.2) is 50.9 Å². The van der Waals surface area contributed by atoms with E-state index in [1.165, 1.54) is 19.3 Å². The second kappa shape index (κ2) is 11.5. The molecule has 162 valence electrons. The van der Waals surface area contributed by atoms with Crippen LogP contribution in [0.4, 0.5) is 0 Å². The Bertz CT molecular complexity index is 1040. The zero-order valence-corrected chi connectivity index (χ0v) is 20.2. The molecule has 0 atom stereocenters. The number of rotatable bonds is 8. The minimum atomic E-state index is -0.620. The molecule has 0 heterocycles. The highest BCUT2D eigenvalue weighted by Crippen LogP contribution is 2.30. The van der Waals surface area contributed by atoms with Gasteiger partial charge in [0.25, 0.3) is 5.91 Å². The monoisotopic (exact) mass is 550 g/mol. The van der Waals surface area contributed by atoms with E-state index in [-0.39, 0.29) is 29.7 Å². The molecule has 0 saturated heterocycles. The summed E-state index contributed by atoms with van der Waals surface area (Å²) in [7, 11) is 1.42. The lowest BCUT2D eigenvalue weighted by Crippen LogP contribution is -2.30. The summed E-state index contributed by atoms with van der Waals surface area (Å²) in [4.78, 5) is 24.3. The third-order valence-corrected chi connectivity index (χ3v) is 4.86. The zero-order valence-electron chi connectivity index (χ0n) is 17.1. The van der Waals surface area contributed by atoms with Crippen molar-refractivity contribution in [1.29, 1.82) is 5.26 Å². The average Bonchev–Trinajstić information content (AvgIpc) is 2.71. The van der Waals surface area contributed by atoms with Gasteiger partial charge in [0.05, 0.1) is 11.6 Å². The molecule has 0 aliphatic heterocycles. The molecule has 0 aliphatic rings. The molecule has 2 rings (SSSR count). The summed E-state index contributed by atoms with van der Waals surface area (Å²) in [5.74, 6) is -0.133. The number of methoxy groups -OCH3 is 1. The zero-order chi connectivity index (χ0) is 23.0. The molecular formula is C22H20Br2N2O5. The number of halogens is 2. The standard InChI is InChI=1S/C22H20Br2N2O5/c1-13(2)26-22(28)15(11-25)8-14-4-6-19(20(9-14)29-3)31-21(27)12-30-18-7-5-16(23)10-17(18)24/h4-10,13H,12H2,1-3H3,(H,26,28)/b15-8+. The minimum Gasteiger partial charge on any atom is -0.493 e. The Morgan fingerprint density at radius 3 is 2.45 bits per heavy atom. The van der Waals surface area contributed by atoms with E-state index in [1.807, 2.05) is 6.07 Å². The number of carbonyl (C=O) groups is 2. The second-order valence-electron chi connectivity index (χ2n) is 6.55. The van der Waals surface area contributed by atoms with Crippen molar-refractivity contribution < 1.29 is 23.8 Å². The van der Waals surface area contributed by atoms with E-state index in [1.54, 1.807) is 44.2 Å². The Balaban J connectivity index is 2.10. The molecule has 0 spiro atoms. The third kappa shape index (κ3) is 7.42. The number of hydrogen-bond donors (Lipinski definition) is 1. The van der Waals surface area contributed by atoms with Crippen LogP contribution in [0.3, 0.4) is 0 Å². The number of ether oxygens (including phenoxy) is 3. The summed E-state index contributed by atoms with van der Waals surface area (Å²) in [6, 6.07) is 11.8. The number of carbonyl (C=O) groups excluding carboxylic acids is 2. The smallest absolute Gasteiger partial charge is 0.349 e. The van der Waals surface area contributed by atoms with E-state index < -0.39 is 11.9 Å². The molecule has 9 heteroatoms. The first-order valence-corrected chi connectivity index (χ1v) is 10.7. The van der Waals surface area contributed by atoms with Crippen molar-refractivity contribution in [3.05, 3.63) is 56.5 Å².